The van der Waals surface area contributed by atoms with Crippen LogP contribution in [0.2, 0.25) is 0 Å². The highest BCUT2D eigenvalue weighted by Gasteiger charge is 2.29. The first kappa shape index (κ1) is 14.9. The topological polar surface area (TPSA) is 32.5 Å². The van der Waals surface area contributed by atoms with E-state index in [0.717, 1.165) is 51.5 Å². The minimum absolute atomic E-state index is 0.356. The van der Waals surface area contributed by atoms with Gasteiger partial charge in [-0.05, 0) is 50.0 Å². The Bertz CT molecular complexity index is 466. The SMILES string of the molecule is NC1CCN(C2CCN(Cc3cc(F)cc(F)c3)C2)CC1. The van der Waals surface area contributed by atoms with Crippen LogP contribution in [0.4, 0.5) is 8.78 Å². The van der Waals surface area contributed by atoms with Crippen LogP contribution in [0.5, 0.6) is 0 Å². The Morgan fingerprint density at radius 3 is 2.33 bits per heavy atom. The molecular formula is C16H23F2N3. The molecule has 1 unspecified atom stereocenters. The molecule has 2 fully saturated rings. The standard InChI is InChI=1S/C16H23F2N3/c17-13-7-12(8-14(18)9-13)10-20-4-3-16(11-20)21-5-1-15(19)2-6-21/h7-9,15-16H,1-6,10-11,19H2. The summed E-state index contributed by atoms with van der Waals surface area (Å²) in [4.78, 5) is 4.81. The lowest BCUT2D eigenvalue weighted by Crippen LogP contribution is -2.46. The zero-order chi connectivity index (χ0) is 14.8. The van der Waals surface area contributed by atoms with Crippen LogP contribution in [-0.4, -0.2) is 48.1 Å². The van der Waals surface area contributed by atoms with Crippen LogP contribution in [0.1, 0.15) is 24.8 Å². The fraction of sp³-hybridized carbons (Fsp3) is 0.625. The first-order chi connectivity index (χ1) is 10.1. The first-order valence-electron chi connectivity index (χ1n) is 7.77. The predicted molar refractivity (Wildman–Crippen MR) is 78.8 cm³/mol. The summed E-state index contributed by atoms with van der Waals surface area (Å²) in [6, 6.07) is 4.70. The van der Waals surface area contributed by atoms with Gasteiger partial charge in [-0.2, -0.15) is 0 Å². The summed E-state index contributed by atoms with van der Waals surface area (Å²) in [6.07, 6.45) is 3.28. The number of halogens is 2. The third-order valence-corrected chi connectivity index (χ3v) is 4.67. The second-order valence-corrected chi connectivity index (χ2v) is 6.33. The maximum Gasteiger partial charge on any atom is 0.126 e. The van der Waals surface area contributed by atoms with Gasteiger partial charge in [-0.15, -0.1) is 0 Å². The molecule has 1 atom stereocenters. The van der Waals surface area contributed by atoms with Gasteiger partial charge in [0.15, 0.2) is 0 Å². The molecular weight excluding hydrogens is 272 g/mol. The van der Waals surface area contributed by atoms with Crippen LogP contribution >= 0.6 is 0 Å². The van der Waals surface area contributed by atoms with Crippen LogP contribution in [0, 0.1) is 11.6 Å². The number of nitrogens with zero attached hydrogens (tertiary/aromatic N) is 2. The Labute approximate surface area is 124 Å². The van der Waals surface area contributed by atoms with Gasteiger partial charge in [0.05, 0.1) is 0 Å². The quantitative estimate of drug-likeness (QED) is 0.925. The third kappa shape index (κ3) is 3.78. The van der Waals surface area contributed by atoms with E-state index in [1.807, 2.05) is 0 Å². The van der Waals surface area contributed by atoms with Crippen molar-refractivity contribution in [3.05, 3.63) is 35.4 Å². The highest BCUT2D eigenvalue weighted by molar-refractivity contribution is 5.18. The van der Waals surface area contributed by atoms with E-state index in [1.54, 1.807) is 0 Å². The lowest BCUT2D eigenvalue weighted by molar-refractivity contribution is 0.151. The molecule has 21 heavy (non-hydrogen) atoms. The van der Waals surface area contributed by atoms with E-state index in [0.29, 0.717) is 24.2 Å². The highest BCUT2D eigenvalue weighted by atomic mass is 19.1. The van der Waals surface area contributed by atoms with Gasteiger partial charge in [0.1, 0.15) is 11.6 Å². The molecule has 0 amide bonds. The van der Waals surface area contributed by atoms with Gasteiger partial charge in [0, 0.05) is 37.8 Å². The molecule has 0 aromatic heterocycles. The molecule has 2 N–H and O–H groups in total. The largest absolute Gasteiger partial charge is 0.328 e. The van der Waals surface area contributed by atoms with E-state index in [1.165, 1.54) is 12.1 Å². The summed E-state index contributed by atoms with van der Waals surface area (Å²) in [6.45, 7) is 4.75. The molecule has 2 aliphatic heterocycles. The Morgan fingerprint density at radius 1 is 1.00 bits per heavy atom. The number of hydrogen-bond acceptors (Lipinski definition) is 3. The minimum atomic E-state index is -0.495. The van der Waals surface area contributed by atoms with Gasteiger partial charge in [-0.25, -0.2) is 8.78 Å². The van der Waals surface area contributed by atoms with Gasteiger partial charge in [0.2, 0.25) is 0 Å². The molecule has 5 heteroatoms. The average molecular weight is 295 g/mol. The molecule has 116 valence electrons. The molecule has 2 aliphatic rings. The van der Waals surface area contributed by atoms with E-state index in [2.05, 4.69) is 9.80 Å². The fourth-order valence-electron chi connectivity index (χ4n) is 3.50. The van der Waals surface area contributed by atoms with Crippen molar-refractivity contribution in [3.63, 3.8) is 0 Å². The average Bonchev–Trinajstić information content (AvgIpc) is 2.87. The fourth-order valence-corrected chi connectivity index (χ4v) is 3.50. The van der Waals surface area contributed by atoms with E-state index < -0.39 is 11.6 Å². The highest BCUT2D eigenvalue weighted by Crippen LogP contribution is 2.21. The number of hydrogen-bond donors (Lipinski definition) is 1. The minimum Gasteiger partial charge on any atom is -0.328 e. The molecule has 1 aromatic rings. The molecule has 1 aromatic carbocycles. The lowest BCUT2D eigenvalue weighted by Gasteiger charge is -2.34. The van der Waals surface area contributed by atoms with E-state index in [9.17, 15) is 8.78 Å². The maximum atomic E-state index is 13.2. The molecule has 0 bridgehead atoms. The monoisotopic (exact) mass is 295 g/mol. The third-order valence-electron chi connectivity index (χ3n) is 4.67. The van der Waals surface area contributed by atoms with Crippen LogP contribution in [0.3, 0.4) is 0 Å². The Kier molecular flexibility index (Phi) is 4.52. The number of benzene rings is 1. The number of likely N-dealkylation sites (tertiary alicyclic amines) is 2. The first-order valence-corrected chi connectivity index (χ1v) is 7.77. The maximum absolute atomic E-state index is 13.2. The molecule has 0 saturated carbocycles. The van der Waals surface area contributed by atoms with E-state index >= 15 is 0 Å². The van der Waals surface area contributed by atoms with Crippen molar-refractivity contribution in [1.29, 1.82) is 0 Å². The summed E-state index contributed by atoms with van der Waals surface area (Å²) in [5, 5.41) is 0. The number of nitrogens with two attached hydrogens (primary N) is 1. The van der Waals surface area contributed by atoms with Crippen molar-refractivity contribution < 1.29 is 8.78 Å². The van der Waals surface area contributed by atoms with Crippen LogP contribution in [0.15, 0.2) is 18.2 Å². The van der Waals surface area contributed by atoms with E-state index in [4.69, 9.17) is 5.73 Å². The molecule has 2 heterocycles. The second kappa shape index (κ2) is 6.38. The Hall–Kier alpha value is -1.04. The van der Waals surface area contributed by atoms with Crippen molar-refractivity contribution in [1.82, 2.24) is 9.80 Å². The van der Waals surface area contributed by atoms with E-state index in [-0.39, 0.29) is 0 Å². The summed E-state index contributed by atoms with van der Waals surface area (Å²) >= 11 is 0. The van der Waals surface area contributed by atoms with Crippen molar-refractivity contribution >= 4 is 0 Å². The zero-order valence-corrected chi connectivity index (χ0v) is 12.3. The molecule has 2 saturated heterocycles. The number of piperidine rings is 1. The zero-order valence-electron chi connectivity index (χ0n) is 12.3. The van der Waals surface area contributed by atoms with Crippen molar-refractivity contribution in [2.75, 3.05) is 26.2 Å². The summed E-state index contributed by atoms with van der Waals surface area (Å²) in [5.74, 6) is -0.989. The molecule has 0 radical (unpaired) electrons. The van der Waals surface area contributed by atoms with Gasteiger partial charge in [0.25, 0.3) is 0 Å². The van der Waals surface area contributed by atoms with Crippen LogP contribution in [-0.2, 0) is 6.54 Å². The predicted octanol–water partition coefficient (Wildman–Crippen LogP) is 1.96. The Morgan fingerprint density at radius 2 is 1.67 bits per heavy atom. The van der Waals surface area contributed by atoms with Crippen molar-refractivity contribution in [2.45, 2.75) is 37.9 Å². The molecule has 3 rings (SSSR count). The summed E-state index contributed by atoms with van der Waals surface area (Å²) in [7, 11) is 0. The second-order valence-electron chi connectivity index (χ2n) is 6.33. The normalized spacial score (nSPS) is 25.6. The summed E-state index contributed by atoms with van der Waals surface area (Å²) < 4.78 is 26.5. The molecule has 3 nitrogen and oxygen atoms in total. The van der Waals surface area contributed by atoms with Gasteiger partial charge in [-0.3, -0.25) is 9.80 Å². The smallest absolute Gasteiger partial charge is 0.126 e. The van der Waals surface area contributed by atoms with Gasteiger partial charge in [-0.1, -0.05) is 0 Å². The van der Waals surface area contributed by atoms with Crippen LogP contribution in [0.25, 0.3) is 0 Å². The van der Waals surface area contributed by atoms with Crippen molar-refractivity contribution in [3.8, 4) is 0 Å². The summed E-state index contributed by atoms with van der Waals surface area (Å²) in [5.41, 5.74) is 6.66. The number of rotatable bonds is 3. The Balaban J connectivity index is 1.54. The van der Waals surface area contributed by atoms with Crippen LogP contribution < -0.4 is 5.73 Å². The van der Waals surface area contributed by atoms with Crippen molar-refractivity contribution in [2.24, 2.45) is 5.73 Å². The molecule has 0 aliphatic carbocycles. The van der Waals surface area contributed by atoms with Gasteiger partial charge < -0.3 is 5.73 Å². The van der Waals surface area contributed by atoms with Gasteiger partial charge >= 0.3 is 0 Å². The lowest BCUT2D eigenvalue weighted by atomic mass is 10.0. The molecule has 0 spiro atoms.